The van der Waals surface area contributed by atoms with Crippen LogP contribution >= 0.6 is 34.7 Å². The van der Waals surface area contributed by atoms with E-state index in [4.69, 9.17) is 16.6 Å². The third-order valence-electron chi connectivity index (χ3n) is 3.26. The molecule has 1 aliphatic rings. The predicted molar refractivity (Wildman–Crippen MR) is 88.6 cm³/mol. The lowest BCUT2D eigenvalue weighted by molar-refractivity contribution is 0.315. The second-order valence-electron chi connectivity index (χ2n) is 5.96. The summed E-state index contributed by atoms with van der Waals surface area (Å²) in [6.45, 7) is 8.94. The number of nitrogens with zero attached hydrogens (tertiary/aromatic N) is 1. The lowest BCUT2D eigenvalue weighted by Crippen LogP contribution is -2.34. The van der Waals surface area contributed by atoms with Gasteiger partial charge in [-0.05, 0) is 30.9 Å². The minimum atomic E-state index is 0.239. The summed E-state index contributed by atoms with van der Waals surface area (Å²) in [5, 5.41) is 4.59. The van der Waals surface area contributed by atoms with Gasteiger partial charge in [0, 0.05) is 10.6 Å². The van der Waals surface area contributed by atoms with E-state index in [1.165, 1.54) is 11.3 Å². The van der Waals surface area contributed by atoms with Crippen molar-refractivity contribution >= 4 is 39.9 Å². The van der Waals surface area contributed by atoms with Crippen LogP contribution in [0.1, 0.15) is 45.0 Å². The first-order valence-electron chi connectivity index (χ1n) is 6.58. The Morgan fingerprint density at radius 3 is 2.74 bits per heavy atom. The molecule has 0 radical (unpaired) electrons. The molecule has 0 saturated heterocycles. The maximum absolute atomic E-state index is 5.99. The molecule has 2 rings (SSSR count). The second kappa shape index (κ2) is 6.06. The largest absolute Gasteiger partial charge is 0.358 e. The topological polar surface area (TPSA) is 24.4 Å². The van der Waals surface area contributed by atoms with Crippen LogP contribution in [0.25, 0.3) is 0 Å². The van der Waals surface area contributed by atoms with Crippen molar-refractivity contribution < 1.29 is 0 Å². The summed E-state index contributed by atoms with van der Waals surface area (Å²) < 4.78 is 0.842. The molecule has 2 unspecified atom stereocenters. The summed E-state index contributed by atoms with van der Waals surface area (Å²) in [7, 11) is 0. The van der Waals surface area contributed by atoms with Gasteiger partial charge in [-0.1, -0.05) is 44.1 Å². The highest BCUT2D eigenvalue weighted by Gasteiger charge is 2.27. The third-order valence-corrected chi connectivity index (χ3v) is 5.61. The number of amidine groups is 1. The zero-order valence-corrected chi connectivity index (χ0v) is 14.3. The lowest BCUT2D eigenvalue weighted by Gasteiger charge is -2.31. The molecule has 0 saturated carbocycles. The number of halogens is 1. The molecule has 1 N–H and O–H groups in total. The van der Waals surface area contributed by atoms with Crippen molar-refractivity contribution in [3.05, 3.63) is 21.3 Å². The minimum absolute atomic E-state index is 0.239. The van der Waals surface area contributed by atoms with Crippen LogP contribution in [0.2, 0.25) is 4.34 Å². The molecule has 1 aliphatic heterocycles. The Kier molecular flexibility index (Phi) is 4.85. The summed E-state index contributed by atoms with van der Waals surface area (Å²) in [6.07, 6.45) is 1.17. The van der Waals surface area contributed by atoms with Gasteiger partial charge in [0.15, 0.2) is 5.17 Å². The summed E-state index contributed by atoms with van der Waals surface area (Å²) in [6, 6.07) is 4.71. The van der Waals surface area contributed by atoms with E-state index in [9.17, 15) is 0 Å². The fourth-order valence-electron chi connectivity index (χ4n) is 2.03. The van der Waals surface area contributed by atoms with E-state index < -0.39 is 0 Å². The van der Waals surface area contributed by atoms with Crippen molar-refractivity contribution in [2.45, 2.75) is 46.2 Å². The average molecular weight is 317 g/mol. The molecule has 0 aliphatic carbocycles. The molecular weight excluding hydrogens is 296 g/mol. The number of nitrogens with one attached hydrogen (secondary N) is 1. The van der Waals surface area contributed by atoms with Gasteiger partial charge in [0.2, 0.25) is 0 Å². The van der Waals surface area contributed by atoms with Crippen LogP contribution in [0.3, 0.4) is 0 Å². The highest BCUT2D eigenvalue weighted by molar-refractivity contribution is 8.13. The smallest absolute Gasteiger partial charge is 0.157 e. The molecular formula is C14H21ClN2S2. The fraction of sp³-hybridized carbons (Fsp3) is 0.643. The van der Waals surface area contributed by atoms with Gasteiger partial charge < -0.3 is 5.32 Å². The molecule has 2 atom stereocenters. The molecule has 2 heterocycles. The van der Waals surface area contributed by atoms with Crippen molar-refractivity contribution in [3.8, 4) is 0 Å². The number of thiophene rings is 1. The first kappa shape index (κ1) is 15.2. The lowest BCUT2D eigenvalue weighted by atomic mass is 9.85. The van der Waals surface area contributed by atoms with E-state index in [2.05, 4.69) is 39.1 Å². The Balaban J connectivity index is 2.04. The number of rotatable bonds is 2. The van der Waals surface area contributed by atoms with Crippen LogP contribution in [0, 0.1) is 5.41 Å². The zero-order chi connectivity index (χ0) is 14.0. The van der Waals surface area contributed by atoms with E-state index in [1.54, 1.807) is 11.3 Å². The van der Waals surface area contributed by atoms with Crippen LogP contribution in [0.4, 0.5) is 0 Å². The van der Waals surface area contributed by atoms with Gasteiger partial charge in [-0.15, -0.1) is 11.3 Å². The molecule has 2 nitrogen and oxygen atoms in total. The van der Waals surface area contributed by atoms with Crippen LogP contribution in [0.5, 0.6) is 0 Å². The average Bonchev–Trinajstić information content (AvgIpc) is 2.75. The highest BCUT2D eigenvalue weighted by Crippen LogP contribution is 2.32. The van der Waals surface area contributed by atoms with Crippen LogP contribution in [-0.2, 0) is 0 Å². The van der Waals surface area contributed by atoms with E-state index in [-0.39, 0.29) is 11.5 Å². The second-order valence-corrected chi connectivity index (χ2v) is 8.79. The Hall–Kier alpha value is -0.190. The quantitative estimate of drug-likeness (QED) is 0.834. The van der Waals surface area contributed by atoms with Crippen LogP contribution in [-0.4, -0.2) is 17.0 Å². The Bertz CT molecular complexity index is 462. The molecule has 1 aromatic heterocycles. The fourth-order valence-corrected chi connectivity index (χ4v) is 4.09. The standard InChI is InChI=1S/C14H21ClN2S2/c1-9(10-5-6-12(15)19-10)16-13-17-11(7-8-18-13)14(2,3)4/h5-6,9,11H,7-8H2,1-4H3,(H,16,17). The number of hydrogen-bond acceptors (Lipinski definition) is 4. The molecule has 0 spiro atoms. The van der Waals surface area contributed by atoms with Crippen molar-refractivity contribution in [1.29, 1.82) is 0 Å². The summed E-state index contributed by atoms with van der Waals surface area (Å²) in [4.78, 5) is 6.12. The van der Waals surface area contributed by atoms with E-state index in [0.29, 0.717) is 6.04 Å². The molecule has 5 heteroatoms. The van der Waals surface area contributed by atoms with Gasteiger partial charge in [-0.2, -0.15) is 0 Å². The molecule has 0 amide bonds. The SMILES string of the molecule is CC(NC1=NC(C(C)(C)C)CCS1)c1ccc(Cl)s1. The highest BCUT2D eigenvalue weighted by atomic mass is 35.5. The summed E-state index contributed by atoms with van der Waals surface area (Å²) in [5.74, 6) is 1.14. The third kappa shape index (κ3) is 4.14. The van der Waals surface area contributed by atoms with Gasteiger partial charge in [0.25, 0.3) is 0 Å². The molecule has 106 valence electrons. The van der Waals surface area contributed by atoms with Crippen molar-refractivity contribution in [2.75, 3.05) is 5.75 Å². The van der Waals surface area contributed by atoms with E-state index >= 15 is 0 Å². The Morgan fingerprint density at radius 2 is 2.16 bits per heavy atom. The summed E-state index contributed by atoms with van der Waals surface area (Å²) >= 11 is 9.44. The number of thioether (sulfide) groups is 1. The first-order chi connectivity index (χ1) is 8.86. The number of aliphatic imine (C=N–C) groups is 1. The zero-order valence-electron chi connectivity index (χ0n) is 11.9. The first-order valence-corrected chi connectivity index (χ1v) is 8.76. The molecule has 0 aromatic carbocycles. The maximum atomic E-state index is 5.99. The van der Waals surface area contributed by atoms with E-state index in [1.807, 2.05) is 17.8 Å². The predicted octanol–water partition coefficient (Wildman–Crippen LogP) is 4.96. The van der Waals surface area contributed by atoms with Gasteiger partial charge in [-0.25, -0.2) is 0 Å². The molecule has 19 heavy (non-hydrogen) atoms. The minimum Gasteiger partial charge on any atom is -0.358 e. The molecule has 1 aromatic rings. The maximum Gasteiger partial charge on any atom is 0.157 e. The Morgan fingerprint density at radius 1 is 1.42 bits per heavy atom. The van der Waals surface area contributed by atoms with Crippen LogP contribution < -0.4 is 5.32 Å². The molecule has 0 fully saturated rings. The van der Waals surface area contributed by atoms with Crippen molar-refractivity contribution in [1.82, 2.24) is 5.32 Å². The van der Waals surface area contributed by atoms with Gasteiger partial charge in [0.05, 0.1) is 16.4 Å². The Labute approximate surface area is 129 Å². The normalized spacial score (nSPS) is 21.9. The molecule has 0 bridgehead atoms. The summed E-state index contributed by atoms with van der Waals surface area (Å²) in [5.41, 5.74) is 0.239. The number of hydrogen-bond donors (Lipinski definition) is 1. The van der Waals surface area contributed by atoms with Gasteiger partial charge in [0.1, 0.15) is 0 Å². The van der Waals surface area contributed by atoms with Crippen molar-refractivity contribution in [2.24, 2.45) is 10.4 Å². The van der Waals surface area contributed by atoms with Crippen LogP contribution in [0.15, 0.2) is 17.1 Å². The van der Waals surface area contributed by atoms with Crippen molar-refractivity contribution in [3.63, 3.8) is 0 Å². The van der Waals surface area contributed by atoms with Gasteiger partial charge >= 0.3 is 0 Å². The monoisotopic (exact) mass is 316 g/mol. The van der Waals surface area contributed by atoms with E-state index in [0.717, 1.165) is 15.3 Å². The van der Waals surface area contributed by atoms with Gasteiger partial charge in [-0.3, -0.25) is 4.99 Å².